The summed E-state index contributed by atoms with van der Waals surface area (Å²) in [5, 5.41) is 32.3. The van der Waals surface area contributed by atoms with Crippen LogP contribution in [-0.2, 0) is 16.1 Å². The van der Waals surface area contributed by atoms with Crippen LogP contribution in [0.2, 0.25) is 0 Å². The van der Waals surface area contributed by atoms with Crippen LogP contribution in [0, 0.1) is 28.1 Å². The molecule has 2 amide bonds. The number of anilines is 1. The Labute approximate surface area is 220 Å². The molecule has 1 aliphatic heterocycles. The molecule has 1 saturated carbocycles. The Hall–Kier alpha value is -4.28. The zero-order valence-corrected chi connectivity index (χ0v) is 21.2. The van der Waals surface area contributed by atoms with Crippen molar-refractivity contribution in [3.05, 3.63) is 76.5 Å². The molecule has 37 heavy (non-hydrogen) atoms. The largest absolute Gasteiger partial charge is 0.383 e. The molecular formula is C27H27N7O2S. The van der Waals surface area contributed by atoms with E-state index in [9.17, 15) is 14.9 Å². The zero-order valence-electron chi connectivity index (χ0n) is 20.4. The van der Waals surface area contributed by atoms with Gasteiger partial charge in [-0.1, -0.05) is 24.3 Å². The summed E-state index contributed by atoms with van der Waals surface area (Å²) in [6.45, 7) is 1.17. The van der Waals surface area contributed by atoms with Crippen LogP contribution in [0.25, 0.3) is 0 Å². The summed E-state index contributed by atoms with van der Waals surface area (Å²) in [7, 11) is 1.63. The van der Waals surface area contributed by atoms with E-state index in [0.29, 0.717) is 36.2 Å². The Morgan fingerprint density at radius 2 is 1.86 bits per heavy atom. The molecule has 10 heteroatoms. The smallest absolute Gasteiger partial charge is 0.270 e. The molecule has 0 saturated heterocycles. The number of amides is 2. The van der Waals surface area contributed by atoms with Crippen molar-refractivity contribution < 1.29 is 9.59 Å². The van der Waals surface area contributed by atoms with Crippen LogP contribution in [0.15, 0.2) is 59.8 Å². The minimum absolute atomic E-state index is 0.138. The molecule has 2 aromatic carbocycles. The van der Waals surface area contributed by atoms with Crippen LogP contribution in [0.3, 0.4) is 0 Å². The summed E-state index contributed by atoms with van der Waals surface area (Å²) in [6.07, 6.45) is 2.29. The van der Waals surface area contributed by atoms with Crippen molar-refractivity contribution in [2.45, 2.75) is 30.6 Å². The summed E-state index contributed by atoms with van der Waals surface area (Å²) in [6, 6.07) is 18.4. The topological polar surface area (TPSA) is 145 Å². The molecule has 4 rings (SSSR count). The lowest BCUT2D eigenvalue weighted by Crippen LogP contribution is -2.46. The summed E-state index contributed by atoms with van der Waals surface area (Å²) < 4.78 is 3.16. The summed E-state index contributed by atoms with van der Waals surface area (Å²) in [4.78, 5) is 27.8. The van der Waals surface area contributed by atoms with Crippen LogP contribution in [-0.4, -0.2) is 47.3 Å². The number of para-hydroxylation sites is 1. The second-order valence-corrected chi connectivity index (χ2v) is 10.3. The molecule has 0 unspecified atom stereocenters. The standard InChI is InChI=1S/C27H27N7O2S/c1-31-24-21(23(30)25(35)32-16-19-8-6-18(14-28)7-9-19)10-13-34(26(24)36)17-27(11-12-27)37-33-22-5-3-2-4-20(22)15-29/h2-9,30-31,33H,10-13,16-17H2,1H3,(H,32,35). The van der Waals surface area contributed by atoms with Gasteiger partial charge in [-0.25, -0.2) is 0 Å². The minimum Gasteiger partial charge on any atom is -0.383 e. The van der Waals surface area contributed by atoms with E-state index in [2.05, 4.69) is 21.4 Å². The first kappa shape index (κ1) is 25.8. The lowest BCUT2D eigenvalue weighted by atomic mass is 9.98. The van der Waals surface area contributed by atoms with Crippen LogP contribution in [0.5, 0.6) is 0 Å². The highest BCUT2D eigenvalue weighted by molar-refractivity contribution is 8.02. The Morgan fingerprint density at radius 1 is 1.14 bits per heavy atom. The number of nitrogens with zero attached hydrogens (tertiary/aromatic N) is 3. The fraction of sp³-hybridized carbons (Fsp3) is 0.296. The third kappa shape index (κ3) is 5.93. The van der Waals surface area contributed by atoms with Crippen molar-refractivity contribution in [2.75, 3.05) is 24.9 Å². The number of likely N-dealkylation sites (N-methyl/N-ethyl adjacent to an activating group) is 1. The van der Waals surface area contributed by atoms with Crippen molar-refractivity contribution in [2.24, 2.45) is 0 Å². The quantitative estimate of drug-likeness (QED) is 0.282. The predicted molar refractivity (Wildman–Crippen MR) is 142 cm³/mol. The van der Waals surface area contributed by atoms with Crippen molar-refractivity contribution in [1.29, 1.82) is 15.9 Å². The van der Waals surface area contributed by atoms with Crippen LogP contribution in [0.1, 0.15) is 36.0 Å². The SMILES string of the molecule is CNC1=C(C(=N)C(=O)NCc2ccc(C#N)cc2)CCN(CC2(SNc3ccccc3C#N)CC2)C1=O. The number of nitriles is 2. The molecule has 1 fully saturated rings. The van der Waals surface area contributed by atoms with Gasteiger partial charge in [0.05, 0.1) is 27.6 Å². The second-order valence-electron chi connectivity index (χ2n) is 8.99. The molecule has 0 aromatic heterocycles. The lowest BCUT2D eigenvalue weighted by Gasteiger charge is -2.33. The van der Waals surface area contributed by atoms with Gasteiger partial charge < -0.3 is 20.3 Å². The molecule has 1 heterocycles. The molecule has 2 aromatic rings. The fourth-order valence-corrected chi connectivity index (χ4v) is 5.17. The highest BCUT2D eigenvalue weighted by atomic mass is 32.2. The number of benzene rings is 2. The first-order chi connectivity index (χ1) is 17.9. The molecule has 0 spiro atoms. The van der Waals surface area contributed by atoms with Gasteiger partial charge in [0.15, 0.2) is 0 Å². The fourth-order valence-electron chi connectivity index (χ4n) is 4.14. The third-order valence-corrected chi connectivity index (χ3v) is 7.75. The lowest BCUT2D eigenvalue weighted by molar-refractivity contribution is -0.128. The Morgan fingerprint density at radius 3 is 2.51 bits per heavy atom. The van der Waals surface area contributed by atoms with Crippen molar-refractivity contribution >= 4 is 35.2 Å². The van der Waals surface area contributed by atoms with Crippen molar-refractivity contribution in [3.8, 4) is 12.1 Å². The van der Waals surface area contributed by atoms with Gasteiger partial charge in [0.1, 0.15) is 17.5 Å². The molecule has 188 valence electrons. The molecule has 2 aliphatic rings. The highest BCUT2D eigenvalue weighted by Gasteiger charge is 2.47. The van der Waals surface area contributed by atoms with Crippen molar-refractivity contribution in [3.63, 3.8) is 0 Å². The van der Waals surface area contributed by atoms with E-state index >= 15 is 0 Å². The highest BCUT2D eigenvalue weighted by Crippen LogP contribution is 2.49. The number of nitrogens with one attached hydrogen (secondary N) is 4. The molecule has 0 radical (unpaired) electrons. The third-order valence-electron chi connectivity index (χ3n) is 6.46. The van der Waals surface area contributed by atoms with Gasteiger partial charge in [-0.3, -0.25) is 15.0 Å². The van der Waals surface area contributed by atoms with Crippen LogP contribution >= 0.6 is 11.9 Å². The second kappa shape index (κ2) is 11.2. The normalized spacial score (nSPS) is 15.9. The average Bonchev–Trinajstić information content (AvgIpc) is 3.71. The first-order valence-corrected chi connectivity index (χ1v) is 12.7. The van der Waals surface area contributed by atoms with Gasteiger partial charge in [0.2, 0.25) is 0 Å². The van der Waals surface area contributed by atoms with Gasteiger partial charge in [0.25, 0.3) is 11.8 Å². The van der Waals surface area contributed by atoms with E-state index in [4.69, 9.17) is 10.7 Å². The van der Waals surface area contributed by atoms with Crippen molar-refractivity contribution in [1.82, 2.24) is 15.5 Å². The maximum Gasteiger partial charge on any atom is 0.270 e. The number of hydrogen-bond donors (Lipinski definition) is 4. The molecular weight excluding hydrogens is 486 g/mol. The Kier molecular flexibility index (Phi) is 7.80. The monoisotopic (exact) mass is 513 g/mol. The number of hydrogen-bond acceptors (Lipinski definition) is 8. The number of carbonyl (C=O) groups is 2. The number of carbonyl (C=O) groups excluding carboxylic acids is 2. The summed E-state index contributed by atoms with van der Waals surface area (Å²) >= 11 is 1.54. The van der Waals surface area contributed by atoms with E-state index in [1.165, 1.54) is 0 Å². The van der Waals surface area contributed by atoms with E-state index in [0.717, 1.165) is 24.1 Å². The average molecular weight is 514 g/mol. The minimum atomic E-state index is -0.553. The van der Waals surface area contributed by atoms with E-state index < -0.39 is 5.91 Å². The molecule has 1 aliphatic carbocycles. The van der Waals surface area contributed by atoms with Crippen LogP contribution < -0.4 is 15.4 Å². The first-order valence-electron chi connectivity index (χ1n) is 11.9. The Bertz CT molecular complexity index is 1330. The van der Waals surface area contributed by atoms with Gasteiger partial charge in [0, 0.05) is 32.3 Å². The predicted octanol–water partition coefficient (Wildman–Crippen LogP) is 3.06. The van der Waals surface area contributed by atoms with Gasteiger partial charge in [-0.2, -0.15) is 10.5 Å². The molecule has 4 N–H and O–H groups in total. The zero-order chi connectivity index (χ0) is 26.4. The van der Waals surface area contributed by atoms with Gasteiger partial charge >= 0.3 is 0 Å². The molecule has 9 nitrogen and oxygen atoms in total. The summed E-state index contributed by atoms with van der Waals surface area (Å²) in [5.41, 5.74) is 3.12. The maximum absolute atomic E-state index is 13.3. The van der Waals surface area contributed by atoms with Crippen LogP contribution in [0.4, 0.5) is 5.69 Å². The molecule has 0 bridgehead atoms. The molecule has 0 atom stereocenters. The van der Waals surface area contributed by atoms with Gasteiger partial charge in [-0.05, 0) is 61.0 Å². The maximum atomic E-state index is 13.3. The van der Waals surface area contributed by atoms with E-state index in [-0.39, 0.29) is 28.6 Å². The van der Waals surface area contributed by atoms with E-state index in [1.54, 1.807) is 54.2 Å². The number of rotatable bonds is 10. The Balaban J connectivity index is 1.37. The van der Waals surface area contributed by atoms with E-state index in [1.807, 2.05) is 24.3 Å². The van der Waals surface area contributed by atoms with Gasteiger partial charge in [-0.15, -0.1) is 0 Å². The summed E-state index contributed by atoms with van der Waals surface area (Å²) in [5.74, 6) is -0.777.